The summed E-state index contributed by atoms with van der Waals surface area (Å²) < 4.78 is 0. The molecule has 0 fully saturated rings. The molecule has 0 spiro atoms. The smallest absolute Gasteiger partial charge is 0.153 e. The van der Waals surface area contributed by atoms with Crippen LogP contribution in [-0.4, -0.2) is 23.1 Å². The first-order valence-electron chi connectivity index (χ1n) is 7.90. The van der Waals surface area contributed by atoms with Gasteiger partial charge in [0.05, 0.1) is 0 Å². The zero-order valence-electron chi connectivity index (χ0n) is 14.4. The summed E-state index contributed by atoms with van der Waals surface area (Å²) in [5, 5.41) is 16.4. The van der Waals surface area contributed by atoms with Crippen LogP contribution in [0.5, 0.6) is 0 Å². The first-order valence-corrected chi connectivity index (χ1v) is 7.90. The summed E-state index contributed by atoms with van der Waals surface area (Å²) in [6.07, 6.45) is 0.539. The van der Waals surface area contributed by atoms with Gasteiger partial charge in [-0.15, -0.1) is 10.2 Å². The molecule has 0 saturated heterocycles. The highest BCUT2D eigenvalue weighted by atomic mass is 15.2. The van der Waals surface area contributed by atoms with Gasteiger partial charge < -0.3 is 11.5 Å². The number of nitrogens with zero attached hydrogens (tertiary/aromatic N) is 4. The van der Waals surface area contributed by atoms with Gasteiger partial charge in [0.2, 0.25) is 0 Å². The molecule has 2 rings (SSSR count). The molecule has 0 radical (unpaired) electrons. The molecule has 0 atom stereocenters. The fourth-order valence-corrected chi connectivity index (χ4v) is 2.05. The highest BCUT2D eigenvalue weighted by Gasteiger charge is 1.99. The average molecular weight is 334 g/mol. The van der Waals surface area contributed by atoms with Crippen molar-refractivity contribution >= 4 is 23.1 Å². The molecule has 0 amide bonds. The van der Waals surface area contributed by atoms with Crippen LogP contribution in [0.15, 0.2) is 81.1 Å². The summed E-state index contributed by atoms with van der Waals surface area (Å²) in [6.45, 7) is 3.73. The van der Waals surface area contributed by atoms with Crippen LogP contribution in [0.3, 0.4) is 0 Å². The van der Waals surface area contributed by atoms with Crippen molar-refractivity contribution in [1.29, 1.82) is 0 Å². The van der Waals surface area contributed by atoms with E-state index < -0.39 is 0 Å². The molecule has 0 heterocycles. The monoisotopic (exact) mass is 334 g/mol. The van der Waals surface area contributed by atoms with Gasteiger partial charge in [0.1, 0.15) is 0 Å². The first-order chi connectivity index (χ1) is 12.1. The van der Waals surface area contributed by atoms with Gasteiger partial charge in [0, 0.05) is 29.0 Å². The van der Waals surface area contributed by atoms with E-state index in [0.717, 1.165) is 22.6 Å². The predicted molar refractivity (Wildman–Crippen MR) is 105 cm³/mol. The maximum atomic E-state index is 5.91. The molecule has 0 aliphatic heterocycles. The lowest BCUT2D eigenvalue weighted by Crippen LogP contribution is -2.13. The maximum Gasteiger partial charge on any atom is 0.153 e. The van der Waals surface area contributed by atoms with E-state index in [1.54, 1.807) is 0 Å². The Hall–Kier alpha value is -3.28. The molecule has 2 aromatic carbocycles. The Balaban J connectivity index is 2.00. The third kappa shape index (κ3) is 6.02. The van der Waals surface area contributed by atoms with Crippen LogP contribution in [0, 0.1) is 0 Å². The minimum absolute atomic E-state index is 0.376. The molecule has 6 heteroatoms. The lowest BCUT2D eigenvalue weighted by Gasteiger charge is -2.00. The van der Waals surface area contributed by atoms with Gasteiger partial charge >= 0.3 is 0 Å². The quantitative estimate of drug-likeness (QED) is 0.482. The Kier molecular flexibility index (Phi) is 6.59. The predicted octanol–water partition coefficient (Wildman–Crippen LogP) is 2.94. The highest BCUT2D eigenvalue weighted by Crippen LogP contribution is 2.01. The Morgan fingerprint density at radius 3 is 1.36 bits per heavy atom. The first kappa shape index (κ1) is 18.1. The number of benzene rings is 2. The van der Waals surface area contributed by atoms with E-state index >= 15 is 0 Å². The van der Waals surface area contributed by atoms with Crippen LogP contribution in [-0.2, 0) is 0 Å². The summed E-state index contributed by atoms with van der Waals surface area (Å²) in [4.78, 5) is 0. The second-order valence-corrected chi connectivity index (χ2v) is 5.55. The zero-order valence-corrected chi connectivity index (χ0v) is 14.4. The Morgan fingerprint density at radius 1 is 0.640 bits per heavy atom. The van der Waals surface area contributed by atoms with Crippen molar-refractivity contribution in [1.82, 2.24) is 0 Å². The molecule has 25 heavy (non-hydrogen) atoms. The summed E-state index contributed by atoms with van der Waals surface area (Å²) in [5.74, 6) is 0.752. The van der Waals surface area contributed by atoms with E-state index in [2.05, 4.69) is 20.4 Å². The van der Waals surface area contributed by atoms with Crippen molar-refractivity contribution in [2.45, 2.75) is 20.3 Å². The summed E-state index contributed by atoms with van der Waals surface area (Å²) >= 11 is 0. The molecule has 0 aromatic heterocycles. The number of nitrogens with two attached hydrogens (primary N) is 2. The Bertz CT molecular complexity index is 735. The lowest BCUT2D eigenvalue weighted by atomic mass is 10.2. The second kappa shape index (κ2) is 9.12. The number of hydrogen-bond donors (Lipinski definition) is 2. The van der Waals surface area contributed by atoms with Crippen molar-refractivity contribution in [3.05, 3.63) is 71.8 Å². The van der Waals surface area contributed by atoms with E-state index in [4.69, 9.17) is 11.5 Å². The van der Waals surface area contributed by atoms with Crippen LogP contribution in [0.2, 0.25) is 0 Å². The molecular weight excluding hydrogens is 312 g/mol. The lowest BCUT2D eigenvalue weighted by molar-refractivity contribution is 1.16. The number of hydrogen-bond acceptors (Lipinski definition) is 4. The Labute approximate surface area is 147 Å². The molecule has 0 aliphatic carbocycles. The van der Waals surface area contributed by atoms with Gasteiger partial charge in [0.25, 0.3) is 0 Å². The van der Waals surface area contributed by atoms with Crippen molar-refractivity contribution in [2.24, 2.45) is 31.9 Å². The van der Waals surface area contributed by atoms with Crippen molar-refractivity contribution in [3.63, 3.8) is 0 Å². The standard InChI is InChI=1S/C19H22N6/c1-14(22-24-18(20)16-9-5-3-6-10-16)13-15(2)23-25-19(21)17-11-7-4-8-12-17/h3-12H,13H2,1-2H3,(H2,20,24)(H2,21,25)/b22-14-,23-15-. The van der Waals surface area contributed by atoms with Crippen molar-refractivity contribution in [3.8, 4) is 0 Å². The van der Waals surface area contributed by atoms with Gasteiger partial charge in [-0.05, 0) is 13.8 Å². The van der Waals surface area contributed by atoms with Gasteiger partial charge in [-0.3, -0.25) is 0 Å². The van der Waals surface area contributed by atoms with Crippen LogP contribution in [0.4, 0.5) is 0 Å². The summed E-state index contributed by atoms with van der Waals surface area (Å²) in [6, 6.07) is 19.0. The van der Waals surface area contributed by atoms with E-state index in [1.165, 1.54) is 0 Å². The third-order valence-electron chi connectivity index (χ3n) is 3.31. The second-order valence-electron chi connectivity index (χ2n) is 5.55. The molecule has 0 unspecified atom stereocenters. The van der Waals surface area contributed by atoms with Crippen molar-refractivity contribution < 1.29 is 0 Å². The van der Waals surface area contributed by atoms with E-state index in [-0.39, 0.29) is 0 Å². The maximum absolute atomic E-state index is 5.91. The third-order valence-corrected chi connectivity index (χ3v) is 3.31. The minimum Gasteiger partial charge on any atom is -0.382 e. The molecule has 0 aliphatic rings. The number of amidine groups is 2. The molecule has 0 saturated carbocycles. The largest absolute Gasteiger partial charge is 0.382 e. The number of rotatable bonds is 6. The average Bonchev–Trinajstić information content (AvgIpc) is 2.65. The molecule has 6 nitrogen and oxygen atoms in total. The van der Waals surface area contributed by atoms with E-state index in [1.807, 2.05) is 74.5 Å². The van der Waals surface area contributed by atoms with Crippen LogP contribution >= 0.6 is 0 Å². The fourth-order valence-electron chi connectivity index (χ4n) is 2.05. The molecule has 2 aromatic rings. The summed E-state index contributed by atoms with van der Waals surface area (Å²) in [5.41, 5.74) is 15.1. The van der Waals surface area contributed by atoms with E-state index in [9.17, 15) is 0 Å². The van der Waals surface area contributed by atoms with Crippen molar-refractivity contribution in [2.75, 3.05) is 0 Å². The van der Waals surface area contributed by atoms with E-state index in [0.29, 0.717) is 18.1 Å². The SMILES string of the molecule is C/C(C/C(C)=N\N=C(\N)c1ccccc1)=N/N=C(/N)c1ccccc1. The fraction of sp³-hybridized carbons (Fsp3) is 0.158. The zero-order chi connectivity index (χ0) is 18.1. The summed E-state index contributed by atoms with van der Waals surface area (Å²) in [7, 11) is 0. The topological polar surface area (TPSA) is 101 Å². The Morgan fingerprint density at radius 2 is 1.00 bits per heavy atom. The van der Waals surface area contributed by atoms with Gasteiger partial charge in [-0.25, -0.2) is 0 Å². The van der Waals surface area contributed by atoms with Crippen LogP contribution in [0.1, 0.15) is 31.4 Å². The molecule has 0 bridgehead atoms. The molecular formula is C19H22N6. The minimum atomic E-state index is 0.376. The highest BCUT2D eigenvalue weighted by molar-refractivity contribution is 6.04. The van der Waals surface area contributed by atoms with Gasteiger partial charge in [0.15, 0.2) is 11.7 Å². The van der Waals surface area contributed by atoms with Crippen LogP contribution in [0.25, 0.3) is 0 Å². The normalized spacial score (nSPS) is 13.8. The molecule has 4 N–H and O–H groups in total. The molecule has 128 valence electrons. The van der Waals surface area contributed by atoms with Gasteiger partial charge in [-0.1, -0.05) is 60.7 Å². The van der Waals surface area contributed by atoms with Crippen LogP contribution < -0.4 is 11.5 Å². The van der Waals surface area contributed by atoms with Gasteiger partial charge in [-0.2, -0.15) is 10.2 Å².